The van der Waals surface area contributed by atoms with Crippen molar-refractivity contribution in [2.45, 2.75) is 19.4 Å². The molecule has 0 rings (SSSR count). The first-order chi connectivity index (χ1) is 6.88. The highest BCUT2D eigenvalue weighted by Gasteiger charge is 2.22. The zero-order chi connectivity index (χ0) is 12.0. The second-order valence-electron chi connectivity index (χ2n) is 3.02. The van der Waals surface area contributed by atoms with Gasteiger partial charge in [-0.05, 0) is 6.92 Å². The predicted octanol–water partition coefficient (Wildman–Crippen LogP) is -1.88. The fourth-order valence-electron chi connectivity index (χ4n) is 1.04. The minimum Gasteiger partial charge on any atom is -0.481 e. The minimum atomic E-state index is -1.16. The lowest BCUT2D eigenvalue weighted by molar-refractivity contribution is -0.142. The maximum Gasteiger partial charge on any atom is 0.305 e. The molecule has 0 aliphatic rings. The molecule has 7 heteroatoms. The SMILES string of the molecule is CCN(CC(N)=O)C(=O)C(N)CC(=O)O. The Bertz CT molecular complexity index is 267. The largest absolute Gasteiger partial charge is 0.481 e. The standard InChI is InChI=1S/C8H15N3O4/c1-2-11(4-6(10)12)8(15)5(9)3-7(13)14/h5H,2-4,9H2,1H3,(H2,10,12)(H,13,14). The first kappa shape index (κ1) is 13.4. The van der Waals surface area contributed by atoms with Crippen molar-refractivity contribution in [1.29, 1.82) is 0 Å². The van der Waals surface area contributed by atoms with Crippen molar-refractivity contribution in [2.75, 3.05) is 13.1 Å². The molecule has 0 fully saturated rings. The molecule has 0 aliphatic carbocycles. The first-order valence-corrected chi connectivity index (χ1v) is 4.43. The summed E-state index contributed by atoms with van der Waals surface area (Å²) in [7, 11) is 0. The Labute approximate surface area is 87.0 Å². The summed E-state index contributed by atoms with van der Waals surface area (Å²) in [5.74, 6) is -2.41. The Morgan fingerprint density at radius 3 is 2.27 bits per heavy atom. The average molecular weight is 217 g/mol. The van der Waals surface area contributed by atoms with Gasteiger partial charge in [0.05, 0.1) is 19.0 Å². The van der Waals surface area contributed by atoms with Gasteiger partial charge in [0.15, 0.2) is 0 Å². The first-order valence-electron chi connectivity index (χ1n) is 4.43. The summed E-state index contributed by atoms with van der Waals surface area (Å²) in [5, 5.41) is 8.43. The highest BCUT2D eigenvalue weighted by Crippen LogP contribution is 1.97. The van der Waals surface area contributed by atoms with Crippen molar-refractivity contribution in [1.82, 2.24) is 4.90 Å². The fraction of sp³-hybridized carbons (Fsp3) is 0.625. The molecule has 0 aromatic carbocycles. The molecule has 0 aliphatic heterocycles. The van der Waals surface area contributed by atoms with Gasteiger partial charge in [-0.1, -0.05) is 0 Å². The van der Waals surface area contributed by atoms with Crippen LogP contribution in [0.2, 0.25) is 0 Å². The zero-order valence-electron chi connectivity index (χ0n) is 8.47. The highest BCUT2D eigenvalue weighted by molar-refractivity contribution is 5.89. The molecular weight excluding hydrogens is 202 g/mol. The molecule has 0 aromatic heterocycles. The number of carboxylic acids is 1. The van der Waals surface area contributed by atoms with E-state index in [-0.39, 0.29) is 13.1 Å². The summed E-state index contributed by atoms with van der Waals surface area (Å²) in [6.07, 6.45) is -0.464. The molecule has 1 unspecified atom stereocenters. The maximum atomic E-state index is 11.5. The Morgan fingerprint density at radius 2 is 1.93 bits per heavy atom. The summed E-state index contributed by atoms with van der Waals surface area (Å²) in [5.41, 5.74) is 10.3. The number of carboxylic acid groups (broad SMARTS) is 1. The lowest BCUT2D eigenvalue weighted by Gasteiger charge is -2.21. The molecule has 0 heterocycles. The van der Waals surface area contributed by atoms with Gasteiger partial charge in [0.25, 0.3) is 0 Å². The van der Waals surface area contributed by atoms with Crippen LogP contribution in [0.1, 0.15) is 13.3 Å². The zero-order valence-corrected chi connectivity index (χ0v) is 8.47. The Balaban J connectivity index is 4.36. The molecule has 7 nitrogen and oxygen atoms in total. The monoisotopic (exact) mass is 217 g/mol. The molecule has 86 valence electrons. The van der Waals surface area contributed by atoms with Gasteiger partial charge in [0, 0.05) is 6.54 Å². The number of hydrogen-bond acceptors (Lipinski definition) is 4. The van der Waals surface area contributed by atoms with Crippen LogP contribution in [0, 0.1) is 0 Å². The van der Waals surface area contributed by atoms with Crippen molar-refractivity contribution in [3.63, 3.8) is 0 Å². The van der Waals surface area contributed by atoms with E-state index in [9.17, 15) is 14.4 Å². The van der Waals surface area contributed by atoms with Crippen molar-refractivity contribution < 1.29 is 19.5 Å². The molecule has 0 aromatic rings. The molecule has 0 saturated carbocycles. The number of rotatable bonds is 6. The number of likely N-dealkylation sites (N-methyl/N-ethyl adjacent to an activating group) is 1. The Morgan fingerprint density at radius 1 is 1.40 bits per heavy atom. The number of nitrogens with zero attached hydrogens (tertiary/aromatic N) is 1. The van der Waals surface area contributed by atoms with Crippen molar-refractivity contribution in [3.8, 4) is 0 Å². The van der Waals surface area contributed by atoms with Crippen molar-refractivity contribution in [3.05, 3.63) is 0 Å². The van der Waals surface area contributed by atoms with Crippen LogP contribution in [0.25, 0.3) is 0 Å². The van der Waals surface area contributed by atoms with Gasteiger partial charge in [-0.15, -0.1) is 0 Å². The molecule has 2 amide bonds. The number of primary amides is 1. The van der Waals surface area contributed by atoms with Gasteiger partial charge in [-0.25, -0.2) is 0 Å². The van der Waals surface area contributed by atoms with E-state index in [2.05, 4.69) is 0 Å². The number of carbonyl (C=O) groups is 3. The summed E-state index contributed by atoms with van der Waals surface area (Å²) in [6.45, 7) is 1.66. The quantitative estimate of drug-likeness (QED) is 0.480. The van der Waals surface area contributed by atoms with E-state index < -0.39 is 30.2 Å². The van der Waals surface area contributed by atoms with Gasteiger partial charge in [-0.2, -0.15) is 0 Å². The van der Waals surface area contributed by atoms with Gasteiger partial charge >= 0.3 is 5.97 Å². The molecule has 1 atom stereocenters. The lowest BCUT2D eigenvalue weighted by atomic mass is 10.2. The van der Waals surface area contributed by atoms with Gasteiger partial charge in [0.2, 0.25) is 11.8 Å². The van der Waals surface area contributed by atoms with Crippen LogP contribution in [-0.2, 0) is 14.4 Å². The number of nitrogens with two attached hydrogens (primary N) is 2. The second-order valence-corrected chi connectivity index (χ2v) is 3.02. The van der Waals surface area contributed by atoms with E-state index in [4.69, 9.17) is 16.6 Å². The van der Waals surface area contributed by atoms with Crippen LogP contribution >= 0.6 is 0 Å². The number of amides is 2. The lowest BCUT2D eigenvalue weighted by Crippen LogP contribution is -2.47. The molecule has 0 spiro atoms. The van der Waals surface area contributed by atoms with Crippen molar-refractivity contribution >= 4 is 17.8 Å². The molecule has 5 N–H and O–H groups in total. The molecular formula is C8H15N3O4. The average Bonchev–Trinajstić information content (AvgIpc) is 2.11. The fourth-order valence-corrected chi connectivity index (χ4v) is 1.04. The van der Waals surface area contributed by atoms with Crippen LogP contribution in [-0.4, -0.2) is 46.9 Å². The molecule has 0 saturated heterocycles. The summed E-state index contributed by atoms with van der Waals surface area (Å²) < 4.78 is 0. The number of carbonyl (C=O) groups excluding carboxylic acids is 2. The van der Waals surface area contributed by atoms with Crippen LogP contribution in [0.15, 0.2) is 0 Å². The Hall–Kier alpha value is -1.63. The minimum absolute atomic E-state index is 0.247. The van der Waals surface area contributed by atoms with Gasteiger partial charge < -0.3 is 21.5 Å². The van der Waals surface area contributed by atoms with E-state index >= 15 is 0 Å². The Kier molecular flexibility index (Phi) is 5.32. The van der Waals surface area contributed by atoms with E-state index in [1.807, 2.05) is 0 Å². The molecule has 0 bridgehead atoms. The van der Waals surface area contributed by atoms with Crippen LogP contribution in [0.4, 0.5) is 0 Å². The highest BCUT2D eigenvalue weighted by atomic mass is 16.4. The summed E-state index contributed by atoms with van der Waals surface area (Å²) in [6, 6.07) is -1.14. The van der Waals surface area contributed by atoms with Gasteiger partial charge in [-0.3, -0.25) is 14.4 Å². The third kappa shape index (κ3) is 4.96. The summed E-state index contributed by atoms with van der Waals surface area (Å²) in [4.78, 5) is 33.5. The predicted molar refractivity (Wildman–Crippen MR) is 51.7 cm³/mol. The van der Waals surface area contributed by atoms with E-state index in [0.717, 1.165) is 4.90 Å². The van der Waals surface area contributed by atoms with E-state index in [1.165, 1.54) is 0 Å². The van der Waals surface area contributed by atoms with E-state index in [0.29, 0.717) is 0 Å². The van der Waals surface area contributed by atoms with E-state index in [1.54, 1.807) is 6.92 Å². The number of aliphatic carboxylic acids is 1. The third-order valence-electron chi connectivity index (χ3n) is 1.75. The molecule has 0 radical (unpaired) electrons. The maximum absolute atomic E-state index is 11.5. The smallest absolute Gasteiger partial charge is 0.305 e. The third-order valence-corrected chi connectivity index (χ3v) is 1.75. The van der Waals surface area contributed by atoms with Gasteiger partial charge in [0.1, 0.15) is 0 Å². The van der Waals surface area contributed by atoms with Crippen LogP contribution < -0.4 is 11.5 Å². The summed E-state index contributed by atoms with van der Waals surface area (Å²) >= 11 is 0. The van der Waals surface area contributed by atoms with Crippen LogP contribution in [0.3, 0.4) is 0 Å². The van der Waals surface area contributed by atoms with Crippen LogP contribution in [0.5, 0.6) is 0 Å². The second kappa shape index (κ2) is 5.97. The molecule has 15 heavy (non-hydrogen) atoms. The topological polar surface area (TPSA) is 127 Å². The normalized spacial score (nSPS) is 11.9. The van der Waals surface area contributed by atoms with Crippen molar-refractivity contribution in [2.24, 2.45) is 11.5 Å². The number of hydrogen-bond donors (Lipinski definition) is 3.